The van der Waals surface area contributed by atoms with Crippen LogP contribution in [0.4, 0.5) is 10.1 Å². The third-order valence-corrected chi connectivity index (χ3v) is 7.04. The third kappa shape index (κ3) is 4.16. The Morgan fingerprint density at radius 2 is 1.62 bits per heavy atom. The number of anilines is 1. The largest absolute Gasteiger partial charge is 0.454 e. The molecule has 3 aliphatic heterocycles. The van der Waals surface area contributed by atoms with Crippen molar-refractivity contribution < 1.29 is 28.2 Å². The van der Waals surface area contributed by atoms with Crippen LogP contribution in [0, 0.1) is 5.82 Å². The molecule has 1 saturated heterocycles. The summed E-state index contributed by atoms with van der Waals surface area (Å²) in [6, 6.07) is 16.5. The molecular formula is C28H24FN3O5. The van der Waals surface area contributed by atoms with Gasteiger partial charge in [-0.3, -0.25) is 19.3 Å². The van der Waals surface area contributed by atoms with Crippen LogP contribution < -0.4 is 14.4 Å². The molecule has 0 atom stereocenters. The van der Waals surface area contributed by atoms with E-state index in [2.05, 4.69) is 4.90 Å². The van der Waals surface area contributed by atoms with Crippen molar-refractivity contribution in [2.24, 2.45) is 0 Å². The van der Waals surface area contributed by atoms with Gasteiger partial charge in [0.05, 0.1) is 16.8 Å². The number of hydrogen-bond donors (Lipinski definition) is 0. The van der Waals surface area contributed by atoms with Crippen LogP contribution in [-0.2, 0) is 6.42 Å². The van der Waals surface area contributed by atoms with Gasteiger partial charge in [-0.05, 0) is 54.4 Å². The zero-order valence-electron chi connectivity index (χ0n) is 20.0. The van der Waals surface area contributed by atoms with Crippen LogP contribution in [0.15, 0.2) is 60.7 Å². The molecule has 37 heavy (non-hydrogen) atoms. The maximum Gasteiger partial charge on any atom is 0.263 e. The molecule has 0 N–H and O–H groups in total. The van der Waals surface area contributed by atoms with Crippen molar-refractivity contribution in [3.05, 3.63) is 88.7 Å². The number of imide groups is 1. The van der Waals surface area contributed by atoms with Gasteiger partial charge >= 0.3 is 0 Å². The second-order valence-corrected chi connectivity index (χ2v) is 9.19. The van der Waals surface area contributed by atoms with E-state index >= 15 is 0 Å². The summed E-state index contributed by atoms with van der Waals surface area (Å²) in [6.07, 6.45) is 0.446. The normalized spacial score (nSPS) is 16.4. The average molecular weight is 502 g/mol. The van der Waals surface area contributed by atoms with Crippen LogP contribution in [-0.4, -0.2) is 67.0 Å². The standard InChI is InChI=1S/C28H24FN3O5/c29-20-7-4-18(5-8-20)10-11-32-27(34)21-2-1-3-22(25(21)28(32)35)30-12-14-31(15-13-30)26(33)19-6-9-23-24(16-19)37-17-36-23/h1-9,16H,10-15,17H2. The molecule has 3 heterocycles. The lowest BCUT2D eigenvalue weighted by Crippen LogP contribution is -2.49. The maximum atomic E-state index is 13.3. The van der Waals surface area contributed by atoms with Crippen LogP contribution in [0.5, 0.6) is 11.5 Å². The van der Waals surface area contributed by atoms with Crippen molar-refractivity contribution in [3.63, 3.8) is 0 Å². The summed E-state index contributed by atoms with van der Waals surface area (Å²) < 4.78 is 23.9. The predicted octanol–water partition coefficient (Wildman–Crippen LogP) is 3.36. The smallest absolute Gasteiger partial charge is 0.263 e. The Morgan fingerprint density at radius 3 is 2.41 bits per heavy atom. The summed E-state index contributed by atoms with van der Waals surface area (Å²) in [6.45, 7) is 2.39. The number of hydrogen-bond acceptors (Lipinski definition) is 6. The van der Waals surface area contributed by atoms with Crippen LogP contribution in [0.3, 0.4) is 0 Å². The SMILES string of the molecule is O=C(c1ccc2c(c1)OCO2)N1CCN(c2cccc3c2C(=O)N(CCc2ccc(F)cc2)C3=O)CC1. The number of carbonyl (C=O) groups is 3. The van der Waals surface area contributed by atoms with Gasteiger partial charge in [0.1, 0.15) is 5.82 Å². The zero-order chi connectivity index (χ0) is 25.5. The van der Waals surface area contributed by atoms with E-state index in [0.717, 1.165) is 5.56 Å². The Hall–Kier alpha value is -4.40. The van der Waals surface area contributed by atoms with Crippen molar-refractivity contribution in [2.75, 3.05) is 44.4 Å². The Labute approximate surface area is 212 Å². The van der Waals surface area contributed by atoms with Gasteiger partial charge < -0.3 is 19.3 Å². The van der Waals surface area contributed by atoms with Gasteiger partial charge in [-0.1, -0.05) is 18.2 Å². The van der Waals surface area contributed by atoms with E-state index in [1.54, 1.807) is 47.4 Å². The minimum Gasteiger partial charge on any atom is -0.454 e. The van der Waals surface area contributed by atoms with Gasteiger partial charge in [0.15, 0.2) is 11.5 Å². The van der Waals surface area contributed by atoms with E-state index < -0.39 is 0 Å². The molecule has 3 aliphatic rings. The summed E-state index contributed by atoms with van der Waals surface area (Å²) in [5.74, 6) is 0.139. The van der Waals surface area contributed by atoms with Crippen molar-refractivity contribution in [3.8, 4) is 11.5 Å². The summed E-state index contributed by atoms with van der Waals surface area (Å²) in [5, 5.41) is 0. The molecule has 0 unspecified atom stereocenters. The van der Waals surface area contributed by atoms with Crippen molar-refractivity contribution in [1.29, 1.82) is 0 Å². The highest BCUT2D eigenvalue weighted by Gasteiger charge is 2.38. The number of rotatable bonds is 5. The number of ether oxygens (including phenoxy) is 2. The number of nitrogens with zero attached hydrogens (tertiary/aromatic N) is 3. The Bertz CT molecular complexity index is 1400. The topological polar surface area (TPSA) is 79.4 Å². The van der Waals surface area contributed by atoms with Crippen molar-refractivity contribution >= 4 is 23.4 Å². The van der Waals surface area contributed by atoms with Gasteiger partial charge in [-0.15, -0.1) is 0 Å². The summed E-state index contributed by atoms with van der Waals surface area (Å²) in [4.78, 5) is 44.5. The minimum atomic E-state index is -0.327. The molecule has 3 amide bonds. The second kappa shape index (κ2) is 9.24. The fourth-order valence-corrected chi connectivity index (χ4v) is 5.04. The molecule has 1 fully saturated rings. The Morgan fingerprint density at radius 1 is 0.865 bits per heavy atom. The average Bonchev–Trinajstić information content (AvgIpc) is 3.50. The van der Waals surface area contributed by atoms with Crippen molar-refractivity contribution in [1.82, 2.24) is 9.80 Å². The third-order valence-electron chi connectivity index (χ3n) is 7.04. The molecule has 0 aliphatic carbocycles. The highest BCUT2D eigenvalue weighted by atomic mass is 19.1. The van der Waals surface area contributed by atoms with Crippen LogP contribution in [0.2, 0.25) is 0 Å². The molecule has 3 aromatic carbocycles. The summed E-state index contributed by atoms with van der Waals surface area (Å²) in [5.41, 5.74) is 2.88. The van der Waals surface area contributed by atoms with E-state index in [1.807, 2.05) is 6.07 Å². The molecule has 8 nitrogen and oxygen atoms in total. The van der Waals surface area contributed by atoms with Gasteiger partial charge in [0.2, 0.25) is 6.79 Å². The molecule has 0 saturated carbocycles. The quantitative estimate of drug-likeness (QED) is 0.499. The molecule has 3 aromatic rings. The van der Waals surface area contributed by atoms with Crippen LogP contribution in [0.1, 0.15) is 36.6 Å². The maximum absolute atomic E-state index is 13.3. The Kier molecular flexibility index (Phi) is 5.75. The van der Waals surface area contributed by atoms with Gasteiger partial charge in [0, 0.05) is 38.3 Å². The zero-order valence-corrected chi connectivity index (χ0v) is 20.0. The number of carbonyl (C=O) groups excluding carboxylic acids is 3. The first-order chi connectivity index (χ1) is 18.0. The van der Waals surface area contributed by atoms with Gasteiger partial charge in [-0.25, -0.2) is 4.39 Å². The van der Waals surface area contributed by atoms with E-state index in [9.17, 15) is 18.8 Å². The van der Waals surface area contributed by atoms with Gasteiger partial charge in [-0.2, -0.15) is 0 Å². The van der Waals surface area contributed by atoms with Crippen molar-refractivity contribution in [2.45, 2.75) is 6.42 Å². The molecular weight excluding hydrogens is 477 g/mol. The number of benzene rings is 3. The second-order valence-electron chi connectivity index (χ2n) is 9.19. The predicted molar refractivity (Wildman–Crippen MR) is 133 cm³/mol. The Balaban J connectivity index is 1.14. The van der Waals surface area contributed by atoms with E-state index in [0.29, 0.717) is 66.5 Å². The molecule has 0 bridgehead atoms. The summed E-state index contributed by atoms with van der Waals surface area (Å²) >= 11 is 0. The first kappa shape index (κ1) is 23.0. The summed E-state index contributed by atoms with van der Waals surface area (Å²) in [7, 11) is 0. The molecule has 0 spiro atoms. The lowest BCUT2D eigenvalue weighted by molar-refractivity contribution is 0.0654. The van der Waals surface area contributed by atoms with E-state index in [1.165, 1.54) is 17.0 Å². The number of halogens is 1. The van der Waals surface area contributed by atoms with Crippen LogP contribution >= 0.6 is 0 Å². The molecule has 0 aromatic heterocycles. The lowest BCUT2D eigenvalue weighted by atomic mass is 10.1. The van der Waals surface area contributed by atoms with E-state index in [-0.39, 0.29) is 36.9 Å². The fourth-order valence-electron chi connectivity index (χ4n) is 5.04. The highest BCUT2D eigenvalue weighted by Crippen LogP contribution is 2.34. The highest BCUT2D eigenvalue weighted by molar-refractivity contribution is 6.23. The van der Waals surface area contributed by atoms with E-state index in [4.69, 9.17) is 9.47 Å². The first-order valence-corrected chi connectivity index (χ1v) is 12.2. The van der Waals surface area contributed by atoms with Gasteiger partial charge in [0.25, 0.3) is 17.7 Å². The van der Waals surface area contributed by atoms with Crippen LogP contribution in [0.25, 0.3) is 0 Å². The molecule has 6 rings (SSSR count). The molecule has 0 radical (unpaired) electrons. The monoisotopic (exact) mass is 501 g/mol. The molecule has 9 heteroatoms. The first-order valence-electron chi connectivity index (χ1n) is 12.2. The lowest BCUT2D eigenvalue weighted by Gasteiger charge is -2.36. The fraction of sp³-hybridized carbons (Fsp3) is 0.250. The number of fused-ring (bicyclic) bond motifs is 2. The molecule has 188 valence electrons. The number of amides is 3. The minimum absolute atomic E-state index is 0.0885. The number of piperazine rings is 1.